The van der Waals surface area contributed by atoms with E-state index >= 15 is 0 Å². The fraction of sp³-hybridized carbons (Fsp3) is 0.500. The average molecular weight is 270 g/mol. The highest BCUT2D eigenvalue weighted by Gasteiger charge is 2.04. The van der Waals surface area contributed by atoms with Crippen LogP contribution in [-0.4, -0.2) is 19.6 Å². The van der Waals surface area contributed by atoms with Crippen molar-refractivity contribution in [3.8, 4) is 0 Å². The normalized spacial score (nSPS) is 10.2. The van der Waals surface area contributed by atoms with Crippen LogP contribution < -0.4 is 5.32 Å². The summed E-state index contributed by atoms with van der Waals surface area (Å²) in [5.74, 6) is 0. The first-order valence-corrected chi connectivity index (χ1v) is 6.02. The molecule has 2 aromatic heterocycles. The number of nitrogens with one attached hydrogen (secondary N) is 1. The lowest BCUT2D eigenvalue weighted by Gasteiger charge is -2.01. The molecule has 2 heterocycles. The standard InChI is InChI=1S/C12H19N5.ClH/c1-4-16-8-11(7-14-16)6-13-12-9-17(5-2)15-10(12)3;/h7-9,13H,4-6H2,1-3H3;1H. The summed E-state index contributed by atoms with van der Waals surface area (Å²) >= 11 is 0. The minimum absolute atomic E-state index is 0. The molecule has 100 valence electrons. The highest BCUT2D eigenvalue weighted by Crippen LogP contribution is 2.13. The Bertz CT molecular complexity index is 488. The molecule has 0 radical (unpaired) electrons. The van der Waals surface area contributed by atoms with Gasteiger partial charge in [-0.2, -0.15) is 10.2 Å². The molecule has 0 unspecified atom stereocenters. The van der Waals surface area contributed by atoms with Crippen molar-refractivity contribution in [2.24, 2.45) is 0 Å². The van der Waals surface area contributed by atoms with Gasteiger partial charge in [0.25, 0.3) is 0 Å². The van der Waals surface area contributed by atoms with Gasteiger partial charge in [0.05, 0.1) is 17.6 Å². The van der Waals surface area contributed by atoms with Crippen molar-refractivity contribution in [2.45, 2.75) is 40.4 Å². The van der Waals surface area contributed by atoms with Crippen molar-refractivity contribution in [2.75, 3.05) is 5.32 Å². The number of anilines is 1. The van der Waals surface area contributed by atoms with Crippen LogP contribution in [0.4, 0.5) is 5.69 Å². The van der Waals surface area contributed by atoms with E-state index in [0.717, 1.165) is 31.0 Å². The third-order valence-corrected chi connectivity index (χ3v) is 2.76. The number of aromatic nitrogens is 4. The van der Waals surface area contributed by atoms with Gasteiger partial charge in [0, 0.05) is 37.6 Å². The molecule has 0 fully saturated rings. The lowest BCUT2D eigenvalue weighted by atomic mass is 10.3. The van der Waals surface area contributed by atoms with E-state index in [4.69, 9.17) is 0 Å². The molecule has 0 spiro atoms. The van der Waals surface area contributed by atoms with E-state index in [-0.39, 0.29) is 12.4 Å². The van der Waals surface area contributed by atoms with Crippen LogP contribution in [0.5, 0.6) is 0 Å². The Kier molecular flexibility index (Phi) is 5.22. The summed E-state index contributed by atoms with van der Waals surface area (Å²) < 4.78 is 3.87. The molecule has 0 aliphatic carbocycles. The molecule has 0 saturated carbocycles. The van der Waals surface area contributed by atoms with Gasteiger partial charge in [-0.05, 0) is 20.8 Å². The van der Waals surface area contributed by atoms with E-state index in [0.29, 0.717) is 0 Å². The second-order valence-corrected chi connectivity index (χ2v) is 4.04. The fourth-order valence-electron chi connectivity index (χ4n) is 1.72. The molecule has 0 aliphatic rings. The summed E-state index contributed by atoms with van der Waals surface area (Å²) in [6, 6.07) is 0. The van der Waals surface area contributed by atoms with Crippen molar-refractivity contribution in [1.29, 1.82) is 0 Å². The molecule has 2 rings (SSSR count). The van der Waals surface area contributed by atoms with Crippen LogP contribution in [0.25, 0.3) is 0 Å². The second-order valence-electron chi connectivity index (χ2n) is 4.04. The van der Waals surface area contributed by atoms with E-state index < -0.39 is 0 Å². The first kappa shape index (κ1) is 14.6. The predicted molar refractivity (Wildman–Crippen MR) is 75.1 cm³/mol. The fourth-order valence-corrected chi connectivity index (χ4v) is 1.72. The van der Waals surface area contributed by atoms with E-state index in [1.165, 1.54) is 5.56 Å². The molecule has 0 aliphatic heterocycles. The molecule has 0 atom stereocenters. The van der Waals surface area contributed by atoms with Crippen molar-refractivity contribution in [1.82, 2.24) is 19.6 Å². The van der Waals surface area contributed by atoms with Crippen LogP contribution in [0.1, 0.15) is 25.1 Å². The number of halogens is 1. The quantitative estimate of drug-likeness (QED) is 0.907. The van der Waals surface area contributed by atoms with Gasteiger partial charge in [-0.3, -0.25) is 9.36 Å². The van der Waals surface area contributed by atoms with Crippen LogP contribution in [0, 0.1) is 6.92 Å². The van der Waals surface area contributed by atoms with Crippen molar-refractivity contribution < 1.29 is 0 Å². The van der Waals surface area contributed by atoms with E-state index in [2.05, 4.69) is 35.6 Å². The van der Waals surface area contributed by atoms with Crippen molar-refractivity contribution in [3.05, 3.63) is 29.8 Å². The Morgan fingerprint density at radius 1 is 1.17 bits per heavy atom. The average Bonchev–Trinajstić information content (AvgIpc) is 2.93. The van der Waals surface area contributed by atoms with Gasteiger partial charge in [0.15, 0.2) is 0 Å². The van der Waals surface area contributed by atoms with Crippen LogP contribution in [0.15, 0.2) is 18.6 Å². The summed E-state index contributed by atoms with van der Waals surface area (Å²) in [7, 11) is 0. The van der Waals surface area contributed by atoms with E-state index in [1.807, 2.05) is 28.7 Å². The zero-order valence-electron chi connectivity index (χ0n) is 11.1. The zero-order valence-corrected chi connectivity index (χ0v) is 11.9. The summed E-state index contributed by atoms with van der Waals surface area (Å²) in [4.78, 5) is 0. The lowest BCUT2D eigenvalue weighted by Crippen LogP contribution is -1.99. The third kappa shape index (κ3) is 3.26. The van der Waals surface area contributed by atoms with Crippen LogP contribution in [-0.2, 0) is 19.6 Å². The Labute approximate surface area is 114 Å². The van der Waals surface area contributed by atoms with Gasteiger partial charge >= 0.3 is 0 Å². The first-order chi connectivity index (χ1) is 8.22. The largest absolute Gasteiger partial charge is 0.378 e. The molecule has 18 heavy (non-hydrogen) atoms. The maximum Gasteiger partial charge on any atom is 0.0825 e. The molecular weight excluding hydrogens is 250 g/mol. The summed E-state index contributed by atoms with van der Waals surface area (Å²) in [6.45, 7) is 8.78. The molecule has 6 heteroatoms. The van der Waals surface area contributed by atoms with Gasteiger partial charge in [-0.25, -0.2) is 0 Å². The molecule has 2 aromatic rings. The molecule has 5 nitrogen and oxygen atoms in total. The Morgan fingerprint density at radius 2 is 1.89 bits per heavy atom. The number of hydrogen-bond donors (Lipinski definition) is 1. The molecule has 0 saturated heterocycles. The van der Waals surface area contributed by atoms with Crippen molar-refractivity contribution >= 4 is 18.1 Å². The maximum absolute atomic E-state index is 4.40. The van der Waals surface area contributed by atoms with Gasteiger partial charge in [0.1, 0.15) is 0 Å². The third-order valence-electron chi connectivity index (χ3n) is 2.76. The summed E-state index contributed by atoms with van der Waals surface area (Å²) in [5, 5.41) is 12.0. The Hall–Kier alpha value is -1.49. The van der Waals surface area contributed by atoms with Gasteiger partial charge in [-0.1, -0.05) is 0 Å². The molecule has 0 aromatic carbocycles. The summed E-state index contributed by atoms with van der Waals surface area (Å²) in [5.41, 5.74) is 3.32. The minimum Gasteiger partial charge on any atom is -0.378 e. The first-order valence-electron chi connectivity index (χ1n) is 6.02. The smallest absolute Gasteiger partial charge is 0.0825 e. The van der Waals surface area contributed by atoms with Crippen LogP contribution in [0.3, 0.4) is 0 Å². The predicted octanol–water partition coefficient (Wildman–Crippen LogP) is 2.46. The van der Waals surface area contributed by atoms with E-state index in [1.54, 1.807) is 0 Å². The van der Waals surface area contributed by atoms with Gasteiger partial charge in [0.2, 0.25) is 0 Å². The number of rotatable bonds is 5. The zero-order chi connectivity index (χ0) is 12.3. The topological polar surface area (TPSA) is 47.7 Å². The molecule has 0 amide bonds. The highest BCUT2D eigenvalue weighted by molar-refractivity contribution is 5.85. The van der Waals surface area contributed by atoms with Crippen LogP contribution in [0.2, 0.25) is 0 Å². The monoisotopic (exact) mass is 269 g/mol. The minimum atomic E-state index is 0. The number of hydrogen-bond acceptors (Lipinski definition) is 3. The lowest BCUT2D eigenvalue weighted by molar-refractivity contribution is 0.653. The van der Waals surface area contributed by atoms with Crippen LogP contribution >= 0.6 is 12.4 Å². The maximum atomic E-state index is 4.40. The van der Waals surface area contributed by atoms with Gasteiger partial charge in [-0.15, -0.1) is 12.4 Å². The Balaban J connectivity index is 0.00000162. The summed E-state index contributed by atoms with van der Waals surface area (Å²) in [6.07, 6.45) is 6.00. The van der Waals surface area contributed by atoms with E-state index in [9.17, 15) is 0 Å². The van der Waals surface area contributed by atoms with Gasteiger partial charge < -0.3 is 5.32 Å². The highest BCUT2D eigenvalue weighted by atomic mass is 35.5. The SMILES string of the molecule is CCn1cc(CNc2cn(CC)nc2C)cn1.Cl. The molecule has 1 N–H and O–H groups in total. The molecular formula is C12H20ClN5. The second kappa shape index (κ2) is 6.44. The molecule has 0 bridgehead atoms. The number of nitrogens with zero attached hydrogens (tertiary/aromatic N) is 4. The van der Waals surface area contributed by atoms with Crippen molar-refractivity contribution in [3.63, 3.8) is 0 Å². The Morgan fingerprint density at radius 3 is 2.44 bits per heavy atom. The number of aryl methyl sites for hydroxylation is 3.